The molecule has 0 aromatic heterocycles. The van der Waals surface area contributed by atoms with Crippen LogP contribution in [0.4, 0.5) is 5.69 Å². The van der Waals surface area contributed by atoms with Crippen LogP contribution in [0.5, 0.6) is 0 Å². The minimum absolute atomic E-state index is 0.512. The molecule has 2 fully saturated rings. The van der Waals surface area contributed by atoms with Crippen molar-refractivity contribution in [2.75, 3.05) is 11.9 Å². The molecule has 3 nitrogen and oxygen atoms in total. The normalized spacial score (nSPS) is 29.3. The van der Waals surface area contributed by atoms with Crippen LogP contribution in [0.15, 0.2) is 18.2 Å². The number of hydrogen-bond acceptors (Lipinski definition) is 3. The Morgan fingerprint density at radius 3 is 2.90 bits per heavy atom. The van der Waals surface area contributed by atoms with Crippen molar-refractivity contribution in [2.24, 2.45) is 5.92 Å². The summed E-state index contributed by atoms with van der Waals surface area (Å²) in [4.78, 5) is 0. The average molecular weight is 290 g/mol. The first-order chi connectivity index (χ1) is 9.78. The van der Waals surface area contributed by atoms with Crippen LogP contribution in [0.25, 0.3) is 0 Å². The van der Waals surface area contributed by atoms with E-state index in [0.717, 1.165) is 12.2 Å². The third-order valence-electron chi connectivity index (χ3n) is 4.62. The van der Waals surface area contributed by atoms with E-state index in [9.17, 15) is 0 Å². The number of nitriles is 1. The van der Waals surface area contributed by atoms with Gasteiger partial charge in [-0.15, -0.1) is 0 Å². The van der Waals surface area contributed by atoms with Gasteiger partial charge >= 0.3 is 0 Å². The molecule has 0 bridgehead atoms. The molecular weight excluding hydrogens is 270 g/mol. The van der Waals surface area contributed by atoms with E-state index in [2.05, 4.69) is 16.7 Å². The van der Waals surface area contributed by atoms with Crippen LogP contribution in [0.2, 0.25) is 5.02 Å². The molecule has 3 unspecified atom stereocenters. The molecule has 1 saturated carbocycles. The van der Waals surface area contributed by atoms with E-state index >= 15 is 0 Å². The lowest BCUT2D eigenvalue weighted by molar-refractivity contribution is 0.376. The van der Waals surface area contributed by atoms with Crippen LogP contribution in [0.3, 0.4) is 0 Å². The molecule has 1 aliphatic carbocycles. The van der Waals surface area contributed by atoms with Crippen molar-refractivity contribution in [3.8, 4) is 6.07 Å². The number of halogens is 1. The topological polar surface area (TPSA) is 47.9 Å². The zero-order valence-corrected chi connectivity index (χ0v) is 12.3. The summed E-state index contributed by atoms with van der Waals surface area (Å²) in [5.74, 6) is 0.707. The highest BCUT2D eigenvalue weighted by Crippen LogP contribution is 2.34. The molecule has 2 aliphatic rings. The monoisotopic (exact) mass is 289 g/mol. The Bertz CT molecular complexity index is 517. The van der Waals surface area contributed by atoms with Gasteiger partial charge in [0.15, 0.2) is 0 Å². The quantitative estimate of drug-likeness (QED) is 0.895. The molecule has 4 heteroatoms. The molecule has 20 heavy (non-hydrogen) atoms. The number of benzene rings is 1. The van der Waals surface area contributed by atoms with E-state index in [1.54, 1.807) is 6.07 Å². The Balaban J connectivity index is 1.71. The lowest BCUT2D eigenvalue weighted by Gasteiger charge is -2.27. The Labute approximate surface area is 125 Å². The van der Waals surface area contributed by atoms with Gasteiger partial charge < -0.3 is 10.6 Å². The second kappa shape index (κ2) is 6.03. The van der Waals surface area contributed by atoms with Crippen molar-refractivity contribution < 1.29 is 0 Å². The number of nitrogens with one attached hydrogen (secondary N) is 2. The number of rotatable bonds is 3. The second-order valence-electron chi connectivity index (χ2n) is 5.85. The lowest BCUT2D eigenvalue weighted by atomic mass is 9.93. The third kappa shape index (κ3) is 2.77. The van der Waals surface area contributed by atoms with Gasteiger partial charge in [0, 0.05) is 17.8 Å². The summed E-state index contributed by atoms with van der Waals surface area (Å²) < 4.78 is 0. The standard InChI is InChI=1S/C16H20ClN3/c17-14-7-6-12(9-11(14)10-18)20-16-4-1-3-13(16)15-5-2-8-19-15/h6-7,9,13,15-16,19-20H,1-5,8H2. The fourth-order valence-corrected chi connectivity index (χ4v) is 3.80. The van der Waals surface area contributed by atoms with Crippen molar-refractivity contribution >= 4 is 17.3 Å². The summed E-state index contributed by atoms with van der Waals surface area (Å²) in [6, 6.07) is 8.96. The molecule has 1 aromatic carbocycles. The van der Waals surface area contributed by atoms with Gasteiger partial charge in [-0.1, -0.05) is 18.0 Å². The molecule has 106 valence electrons. The Morgan fingerprint density at radius 2 is 2.15 bits per heavy atom. The Hall–Kier alpha value is -1.24. The third-order valence-corrected chi connectivity index (χ3v) is 4.95. The summed E-state index contributed by atoms with van der Waals surface area (Å²) in [7, 11) is 0. The molecule has 3 rings (SSSR count). The van der Waals surface area contributed by atoms with E-state index in [-0.39, 0.29) is 0 Å². The predicted molar refractivity (Wildman–Crippen MR) is 81.9 cm³/mol. The van der Waals surface area contributed by atoms with Gasteiger partial charge in [0.1, 0.15) is 6.07 Å². The zero-order valence-electron chi connectivity index (χ0n) is 11.5. The van der Waals surface area contributed by atoms with Crippen molar-refractivity contribution in [3.63, 3.8) is 0 Å². The van der Waals surface area contributed by atoms with Crippen LogP contribution in [-0.4, -0.2) is 18.6 Å². The number of hydrogen-bond donors (Lipinski definition) is 2. The fraction of sp³-hybridized carbons (Fsp3) is 0.562. The maximum atomic E-state index is 9.06. The van der Waals surface area contributed by atoms with E-state index in [1.165, 1.54) is 32.1 Å². The zero-order chi connectivity index (χ0) is 13.9. The maximum absolute atomic E-state index is 9.06. The number of anilines is 1. The minimum atomic E-state index is 0.512. The van der Waals surface area contributed by atoms with Crippen molar-refractivity contribution in [1.82, 2.24) is 5.32 Å². The first kappa shape index (κ1) is 13.7. The van der Waals surface area contributed by atoms with Crippen LogP contribution in [-0.2, 0) is 0 Å². The fourth-order valence-electron chi connectivity index (χ4n) is 3.64. The van der Waals surface area contributed by atoms with Crippen molar-refractivity contribution in [1.29, 1.82) is 5.26 Å². The molecule has 1 heterocycles. The van der Waals surface area contributed by atoms with Gasteiger partial charge in [0.05, 0.1) is 10.6 Å². The van der Waals surface area contributed by atoms with E-state index < -0.39 is 0 Å². The largest absolute Gasteiger partial charge is 0.382 e. The highest BCUT2D eigenvalue weighted by atomic mass is 35.5. The molecule has 0 radical (unpaired) electrons. The predicted octanol–water partition coefficient (Wildman–Crippen LogP) is 3.54. The van der Waals surface area contributed by atoms with E-state index in [0.29, 0.717) is 28.6 Å². The van der Waals surface area contributed by atoms with Gasteiger partial charge in [0.25, 0.3) is 0 Å². The number of nitrogens with zero attached hydrogens (tertiary/aromatic N) is 1. The summed E-state index contributed by atoms with van der Waals surface area (Å²) in [6.07, 6.45) is 6.40. The van der Waals surface area contributed by atoms with E-state index in [4.69, 9.17) is 16.9 Å². The van der Waals surface area contributed by atoms with Crippen LogP contribution in [0.1, 0.15) is 37.7 Å². The molecule has 2 N–H and O–H groups in total. The molecule has 1 aliphatic heterocycles. The van der Waals surface area contributed by atoms with Crippen LogP contribution < -0.4 is 10.6 Å². The SMILES string of the molecule is N#Cc1cc(NC2CCCC2C2CCCN2)ccc1Cl. The minimum Gasteiger partial charge on any atom is -0.382 e. The van der Waals surface area contributed by atoms with Gasteiger partial charge in [-0.2, -0.15) is 5.26 Å². The second-order valence-corrected chi connectivity index (χ2v) is 6.26. The first-order valence-electron chi connectivity index (χ1n) is 7.47. The summed E-state index contributed by atoms with van der Waals surface area (Å²) >= 11 is 5.98. The molecular formula is C16H20ClN3. The molecule has 0 amide bonds. The molecule has 1 aromatic rings. The molecule has 1 saturated heterocycles. The van der Waals surface area contributed by atoms with Crippen molar-refractivity contribution in [2.45, 2.75) is 44.2 Å². The lowest BCUT2D eigenvalue weighted by Crippen LogP contribution is -2.38. The van der Waals surface area contributed by atoms with Gasteiger partial charge in [0.2, 0.25) is 0 Å². The highest BCUT2D eigenvalue weighted by molar-refractivity contribution is 6.31. The van der Waals surface area contributed by atoms with Gasteiger partial charge in [-0.3, -0.25) is 0 Å². The molecule has 3 atom stereocenters. The van der Waals surface area contributed by atoms with Crippen LogP contribution in [0, 0.1) is 17.2 Å². The van der Waals surface area contributed by atoms with Crippen LogP contribution >= 0.6 is 11.6 Å². The Morgan fingerprint density at radius 1 is 1.25 bits per heavy atom. The van der Waals surface area contributed by atoms with Crippen molar-refractivity contribution in [3.05, 3.63) is 28.8 Å². The average Bonchev–Trinajstić information content (AvgIpc) is 3.11. The summed E-state index contributed by atoms with van der Waals surface area (Å²) in [5, 5.41) is 16.8. The smallest absolute Gasteiger partial charge is 0.101 e. The maximum Gasteiger partial charge on any atom is 0.101 e. The summed E-state index contributed by atoms with van der Waals surface area (Å²) in [6.45, 7) is 1.16. The summed E-state index contributed by atoms with van der Waals surface area (Å²) in [5.41, 5.74) is 1.56. The molecule has 0 spiro atoms. The Kier molecular flexibility index (Phi) is 4.14. The van der Waals surface area contributed by atoms with E-state index in [1.807, 2.05) is 12.1 Å². The highest BCUT2D eigenvalue weighted by Gasteiger charge is 2.34. The van der Waals surface area contributed by atoms with Gasteiger partial charge in [-0.25, -0.2) is 0 Å². The first-order valence-corrected chi connectivity index (χ1v) is 7.85. The van der Waals surface area contributed by atoms with Gasteiger partial charge in [-0.05, 0) is 56.3 Å².